The van der Waals surface area contributed by atoms with Crippen molar-refractivity contribution in [1.82, 2.24) is 5.32 Å². The molecule has 0 aliphatic heterocycles. The Labute approximate surface area is 83.8 Å². The minimum Gasteiger partial charge on any atom is -0.453 e. The van der Waals surface area contributed by atoms with Crippen LogP contribution in [0.1, 0.15) is 5.56 Å². The minimum absolute atomic E-state index is 0.153. The molecule has 1 rings (SSSR count). The third-order valence-corrected chi connectivity index (χ3v) is 1.72. The van der Waals surface area contributed by atoms with Crippen LogP contribution in [-0.2, 0) is 11.3 Å². The molecule has 0 unspecified atom stereocenters. The quantitative estimate of drug-likeness (QED) is 0.772. The standard InChI is InChI=1S/C9H8F3NO2/c1-15-9(14)13-4-5-2-3-6(10)8(12)7(5)11/h2-3H,4H2,1H3,(H,13,14). The van der Waals surface area contributed by atoms with Gasteiger partial charge in [-0.3, -0.25) is 0 Å². The number of alkyl carbamates (subject to hydrolysis) is 1. The Balaban J connectivity index is 2.78. The number of carbonyl (C=O) groups is 1. The van der Waals surface area contributed by atoms with Crippen LogP contribution in [0.4, 0.5) is 18.0 Å². The summed E-state index contributed by atoms with van der Waals surface area (Å²) in [5, 5.41) is 2.15. The van der Waals surface area contributed by atoms with Crippen molar-refractivity contribution in [3.05, 3.63) is 35.1 Å². The number of halogens is 3. The number of amides is 1. The van der Waals surface area contributed by atoms with Crippen LogP contribution in [0.5, 0.6) is 0 Å². The van der Waals surface area contributed by atoms with E-state index < -0.39 is 23.5 Å². The summed E-state index contributed by atoms with van der Waals surface area (Å²) in [6.45, 7) is -0.268. The van der Waals surface area contributed by atoms with E-state index in [2.05, 4.69) is 10.1 Å². The third kappa shape index (κ3) is 2.61. The number of carbonyl (C=O) groups excluding carboxylic acids is 1. The summed E-state index contributed by atoms with van der Waals surface area (Å²) in [4.78, 5) is 10.6. The lowest BCUT2D eigenvalue weighted by Gasteiger charge is -2.05. The molecular formula is C9H8F3NO2. The highest BCUT2D eigenvalue weighted by Gasteiger charge is 2.13. The molecule has 0 saturated heterocycles. The SMILES string of the molecule is COC(=O)NCc1ccc(F)c(F)c1F. The zero-order valence-corrected chi connectivity index (χ0v) is 7.81. The van der Waals surface area contributed by atoms with E-state index >= 15 is 0 Å². The van der Waals surface area contributed by atoms with Crippen LogP contribution in [0.2, 0.25) is 0 Å². The highest BCUT2D eigenvalue weighted by atomic mass is 19.2. The summed E-state index contributed by atoms with van der Waals surface area (Å²) in [6.07, 6.45) is -0.779. The first kappa shape index (κ1) is 11.4. The summed E-state index contributed by atoms with van der Waals surface area (Å²) in [6, 6.07) is 1.83. The Morgan fingerprint density at radius 2 is 2.00 bits per heavy atom. The minimum atomic E-state index is -1.56. The van der Waals surface area contributed by atoms with Crippen molar-refractivity contribution in [2.24, 2.45) is 0 Å². The topological polar surface area (TPSA) is 38.3 Å². The molecule has 0 spiro atoms. The Morgan fingerprint density at radius 1 is 1.33 bits per heavy atom. The Kier molecular flexibility index (Phi) is 3.54. The van der Waals surface area contributed by atoms with E-state index in [0.29, 0.717) is 0 Å². The highest BCUT2D eigenvalue weighted by molar-refractivity contribution is 5.66. The van der Waals surface area contributed by atoms with E-state index in [4.69, 9.17) is 0 Å². The molecule has 0 aliphatic rings. The molecule has 1 N–H and O–H groups in total. The van der Waals surface area contributed by atoms with E-state index in [0.717, 1.165) is 19.2 Å². The first-order valence-corrected chi connectivity index (χ1v) is 4.00. The molecule has 0 bridgehead atoms. The van der Waals surface area contributed by atoms with E-state index in [1.54, 1.807) is 0 Å². The molecule has 0 radical (unpaired) electrons. The molecule has 1 amide bonds. The van der Waals surface area contributed by atoms with Crippen molar-refractivity contribution in [2.45, 2.75) is 6.54 Å². The molecule has 0 aromatic heterocycles. The molecule has 15 heavy (non-hydrogen) atoms. The fraction of sp³-hybridized carbons (Fsp3) is 0.222. The largest absolute Gasteiger partial charge is 0.453 e. The van der Waals surface area contributed by atoms with Crippen LogP contribution in [0, 0.1) is 17.5 Å². The molecule has 0 heterocycles. The van der Waals surface area contributed by atoms with Crippen molar-refractivity contribution in [1.29, 1.82) is 0 Å². The zero-order valence-electron chi connectivity index (χ0n) is 7.81. The fourth-order valence-corrected chi connectivity index (χ4v) is 0.942. The van der Waals surface area contributed by atoms with Gasteiger partial charge in [-0.1, -0.05) is 6.07 Å². The monoisotopic (exact) mass is 219 g/mol. The molecule has 82 valence electrons. The summed E-state index contributed by atoms with van der Waals surface area (Å²) >= 11 is 0. The maximum absolute atomic E-state index is 13.0. The van der Waals surface area contributed by atoms with Crippen LogP contribution in [-0.4, -0.2) is 13.2 Å². The third-order valence-electron chi connectivity index (χ3n) is 1.72. The van der Waals surface area contributed by atoms with Crippen molar-refractivity contribution in [3.63, 3.8) is 0 Å². The number of methoxy groups -OCH3 is 1. The van der Waals surface area contributed by atoms with Gasteiger partial charge in [0, 0.05) is 12.1 Å². The number of rotatable bonds is 2. The predicted octanol–water partition coefficient (Wildman–Crippen LogP) is 1.96. The summed E-state index contributed by atoms with van der Waals surface area (Å²) < 4.78 is 42.4. The average molecular weight is 219 g/mol. The Bertz CT molecular complexity index is 382. The number of hydrogen-bond acceptors (Lipinski definition) is 2. The van der Waals surface area contributed by atoms with Crippen LogP contribution in [0.3, 0.4) is 0 Å². The van der Waals surface area contributed by atoms with Gasteiger partial charge in [0.15, 0.2) is 17.5 Å². The van der Waals surface area contributed by atoms with Gasteiger partial charge in [-0.2, -0.15) is 0 Å². The maximum atomic E-state index is 13.0. The lowest BCUT2D eigenvalue weighted by atomic mass is 10.2. The highest BCUT2D eigenvalue weighted by Crippen LogP contribution is 2.14. The molecule has 0 saturated carbocycles. The van der Waals surface area contributed by atoms with Gasteiger partial charge >= 0.3 is 6.09 Å². The van der Waals surface area contributed by atoms with Gasteiger partial charge in [-0.15, -0.1) is 0 Å². The first-order valence-electron chi connectivity index (χ1n) is 4.00. The average Bonchev–Trinajstić information content (AvgIpc) is 2.24. The predicted molar refractivity (Wildman–Crippen MR) is 45.6 cm³/mol. The summed E-state index contributed by atoms with van der Waals surface area (Å²) in [5.74, 6) is -4.14. The van der Waals surface area contributed by atoms with E-state index in [1.165, 1.54) is 0 Å². The van der Waals surface area contributed by atoms with Crippen LogP contribution in [0.25, 0.3) is 0 Å². The first-order chi connectivity index (χ1) is 7.06. The maximum Gasteiger partial charge on any atom is 0.407 e. The molecule has 1 aromatic carbocycles. The Morgan fingerprint density at radius 3 is 2.60 bits per heavy atom. The van der Waals surface area contributed by atoms with E-state index in [9.17, 15) is 18.0 Å². The second-order valence-corrected chi connectivity index (χ2v) is 2.68. The molecule has 0 fully saturated rings. The lowest BCUT2D eigenvalue weighted by molar-refractivity contribution is 0.170. The molecule has 1 aromatic rings. The van der Waals surface area contributed by atoms with Crippen molar-refractivity contribution < 1.29 is 22.7 Å². The Hall–Kier alpha value is -1.72. The van der Waals surface area contributed by atoms with Crippen LogP contribution >= 0.6 is 0 Å². The van der Waals surface area contributed by atoms with Gasteiger partial charge in [0.1, 0.15) is 0 Å². The van der Waals surface area contributed by atoms with Gasteiger partial charge in [0.05, 0.1) is 7.11 Å². The van der Waals surface area contributed by atoms with Gasteiger partial charge in [-0.05, 0) is 6.07 Å². The van der Waals surface area contributed by atoms with Gasteiger partial charge < -0.3 is 10.1 Å². The molecule has 6 heteroatoms. The van der Waals surface area contributed by atoms with Gasteiger partial charge in [-0.25, -0.2) is 18.0 Å². The molecule has 3 nitrogen and oxygen atoms in total. The normalized spacial score (nSPS) is 9.87. The van der Waals surface area contributed by atoms with Crippen molar-refractivity contribution in [2.75, 3.05) is 7.11 Å². The lowest BCUT2D eigenvalue weighted by Crippen LogP contribution is -2.23. The summed E-state index contributed by atoms with van der Waals surface area (Å²) in [7, 11) is 1.14. The number of benzene rings is 1. The van der Waals surface area contributed by atoms with Gasteiger partial charge in [0.2, 0.25) is 0 Å². The zero-order chi connectivity index (χ0) is 11.4. The van der Waals surface area contributed by atoms with Crippen molar-refractivity contribution in [3.8, 4) is 0 Å². The van der Waals surface area contributed by atoms with Crippen molar-refractivity contribution >= 4 is 6.09 Å². The van der Waals surface area contributed by atoms with Crippen LogP contribution < -0.4 is 5.32 Å². The number of nitrogens with one attached hydrogen (secondary N) is 1. The van der Waals surface area contributed by atoms with Crippen LogP contribution in [0.15, 0.2) is 12.1 Å². The fourth-order valence-electron chi connectivity index (χ4n) is 0.942. The number of ether oxygens (including phenoxy) is 1. The molecule has 0 atom stereocenters. The van der Waals surface area contributed by atoms with E-state index in [-0.39, 0.29) is 12.1 Å². The summed E-state index contributed by atoms with van der Waals surface area (Å²) in [5.41, 5.74) is -0.153. The number of hydrogen-bond donors (Lipinski definition) is 1. The second kappa shape index (κ2) is 4.68. The smallest absolute Gasteiger partial charge is 0.407 e. The molecule has 0 aliphatic carbocycles. The van der Waals surface area contributed by atoms with E-state index in [1.807, 2.05) is 0 Å². The van der Waals surface area contributed by atoms with Gasteiger partial charge in [0.25, 0.3) is 0 Å². The second-order valence-electron chi connectivity index (χ2n) is 2.68. The molecular weight excluding hydrogens is 211 g/mol.